The van der Waals surface area contributed by atoms with Crippen LogP contribution in [0.5, 0.6) is 0 Å². The van der Waals surface area contributed by atoms with E-state index in [1.807, 2.05) is 0 Å². The van der Waals surface area contributed by atoms with Crippen LogP contribution in [0.4, 0.5) is 17.6 Å². The molecule has 0 bridgehead atoms. The molecule has 0 spiro atoms. The summed E-state index contributed by atoms with van der Waals surface area (Å²) in [6.45, 7) is 0. The molecule has 0 aliphatic carbocycles. The second-order valence-electron chi connectivity index (χ2n) is 2.36. The molecule has 0 unspecified atom stereocenters. The number of aryl methyl sites for hydroxylation is 1. The van der Waals surface area contributed by atoms with Crippen LogP contribution in [0, 0.1) is 0 Å². The summed E-state index contributed by atoms with van der Waals surface area (Å²) in [5.74, 6) is -7.94. The van der Waals surface area contributed by atoms with Gasteiger partial charge in [-0.1, -0.05) is 0 Å². The Morgan fingerprint density at radius 3 is 2.43 bits per heavy atom. The number of carbonyl (C=O) groups is 1. The summed E-state index contributed by atoms with van der Waals surface area (Å²) in [5.41, 5.74) is 0. The number of rotatable bonds is 3. The molecule has 0 aliphatic rings. The number of ketones is 1. The molecule has 0 saturated carbocycles. The van der Waals surface area contributed by atoms with Crippen molar-refractivity contribution in [1.29, 1.82) is 0 Å². The van der Waals surface area contributed by atoms with E-state index in [0.717, 1.165) is 4.80 Å². The van der Waals surface area contributed by atoms with Crippen LogP contribution in [0.15, 0.2) is 0 Å². The van der Waals surface area contributed by atoms with Gasteiger partial charge in [-0.25, -0.2) is 8.78 Å². The number of hydrogen-bond acceptors (Lipinski definition) is 4. The van der Waals surface area contributed by atoms with Gasteiger partial charge in [0.15, 0.2) is 0 Å². The van der Waals surface area contributed by atoms with Crippen LogP contribution in [0.2, 0.25) is 0 Å². The number of nitrogens with zero attached hydrogens (tertiary/aromatic N) is 4. The fraction of sp³-hybridized carbons (Fsp3) is 0.600. The number of carbonyl (C=O) groups excluding carboxylic acids is 1. The van der Waals surface area contributed by atoms with Gasteiger partial charge >= 0.3 is 12.3 Å². The maximum Gasteiger partial charge on any atom is 0.372 e. The highest BCUT2D eigenvalue weighted by Gasteiger charge is 2.51. The number of alkyl halides is 4. The van der Waals surface area contributed by atoms with Crippen LogP contribution in [0.3, 0.4) is 0 Å². The predicted molar refractivity (Wildman–Crippen MR) is 34.1 cm³/mol. The molecule has 0 radical (unpaired) electrons. The van der Waals surface area contributed by atoms with Crippen molar-refractivity contribution >= 4 is 5.78 Å². The largest absolute Gasteiger partial charge is 0.372 e. The van der Waals surface area contributed by atoms with Crippen LogP contribution in [0.1, 0.15) is 10.6 Å². The molecular weight excluding hydrogens is 208 g/mol. The fourth-order valence-electron chi connectivity index (χ4n) is 0.623. The SMILES string of the molecule is Cn1nnc(C(=O)C(F)(F)C(F)F)n1. The molecule has 0 atom stereocenters. The zero-order chi connectivity index (χ0) is 10.9. The molecule has 0 aromatic carbocycles. The minimum absolute atomic E-state index is 0.717. The molecule has 0 aliphatic heterocycles. The first-order valence-electron chi connectivity index (χ1n) is 3.30. The highest BCUT2D eigenvalue weighted by molar-refractivity contribution is 5.98. The molecule has 5 nitrogen and oxygen atoms in total. The molecule has 0 fully saturated rings. The van der Waals surface area contributed by atoms with E-state index in [9.17, 15) is 22.4 Å². The Hall–Kier alpha value is -1.54. The van der Waals surface area contributed by atoms with E-state index in [1.165, 1.54) is 7.05 Å². The minimum Gasteiger partial charge on any atom is -0.283 e. The lowest BCUT2D eigenvalue weighted by molar-refractivity contribution is -0.0963. The van der Waals surface area contributed by atoms with Gasteiger partial charge in [-0.05, 0) is 5.21 Å². The minimum atomic E-state index is -4.77. The van der Waals surface area contributed by atoms with E-state index in [1.54, 1.807) is 0 Å². The summed E-state index contributed by atoms with van der Waals surface area (Å²) >= 11 is 0. The van der Waals surface area contributed by atoms with Crippen molar-refractivity contribution in [2.75, 3.05) is 0 Å². The lowest BCUT2D eigenvalue weighted by Gasteiger charge is -2.10. The number of aromatic nitrogens is 4. The molecule has 1 aromatic rings. The molecule has 0 amide bonds. The predicted octanol–water partition coefficient (Wildman–Crippen LogP) is 0.293. The third-order valence-corrected chi connectivity index (χ3v) is 1.29. The third-order valence-electron chi connectivity index (χ3n) is 1.29. The third kappa shape index (κ3) is 1.70. The van der Waals surface area contributed by atoms with Gasteiger partial charge in [-0.15, -0.1) is 10.2 Å². The zero-order valence-electron chi connectivity index (χ0n) is 6.79. The number of Topliss-reactive ketones (excluding diaryl/α,β-unsaturated/α-hetero) is 1. The monoisotopic (exact) mass is 212 g/mol. The van der Waals surface area contributed by atoms with Gasteiger partial charge in [0, 0.05) is 0 Å². The first kappa shape index (κ1) is 10.5. The second-order valence-corrected chi connectivity index (χ2v) is 2.36. The van der Waals surface area contributed by atoms with Crippen molar-refractivity contribution in [3.8, 4) is 0 Å². The Labute approximate surface area is 74.7 Å². The summed E-state index contributed by atoms with van der Waals surface area (Å²) in [5, 5.41) is 9.06. The van der Waals surface area contributed by atoms with Gasteiger partial charge in [0.1, 0.15) is 0 Å². The van der Waals surface area contributed by atoms with Crippen LogP contribution in [0.25, 0.3) is 0 Å². The van der Waals surface area contributed by atoms with Crippen molar-refractivity contribution in [3.63, 3.8) is 0 Å². The topological polar surface area (TPSA) is 60.7 Å². The van der Waals surface area contributed by atoms with E-state index in [0.29, 0.717) is 0 Å². The van der Waals surface area contributed by atoms with Crippen LogP contribution in [-0.4, -0.2) is 38.3 Å². The Bertz CT molecular complexity index is 349. The van der Waals surface area contributed by atoms with E-state index < -0.39 is 24.0 Å². The van der Waals surface area contributed by atoms with Gasteiger partial charge in [0.2, 0.25) is 5.82 Å². The van der Waals surface area contributed by atoms with Crippen LogP contribution < -0.4 is 0 Å². The molecule has 1 aromatic heterocycles. The Balaban J connectivity index is 2.96. The molecule has 0 saturated heterocycles. The van der Waals surface area contributed by atoms with E-state index >= 15 is 0 Å². The molecular formula is C5H4F4N4O. The van der Waals surface area contributed by atoms with E-state index in [-0.39, 0.29) is 0 Å². The molecule has 1 rings (SSSR count). The van der Waals surface area contributed by atoms with Crippen LogP contribution >= 0.6 is 0 Å². The van der Waals surface area contributed by atoms with Crippen molar-refractivity contribution in [2.24, 2.45) is 7.05 Å². The first-order valence-corrected chi connectivity index (χ1v) is 3.30. The number of halogens is 4. The summed E-state index contributed by atoms with van der Waals surface area (Å²) in [7, 11) is 1.21. The standard InChI is InChI=1S/C5H4F4N4O/c1-13-11-3(10-12-13)2(14)5(8,9)4(6)7/h4H,1H3. The summed E-state index contributed by atoms with van der Waals surface area (Å²) in [6, 6.07) is 0. The molecule has 1 heterocycles. The second kappa shape index (κ2) is 3.31. The van der Waals surface area contributed by atoms with Gasteiger partial charge in [0.05, 0.1) is 7.05 Å². The zero-order valence-corrected chi connectivity index (χ0v) is 6.79. The Morgan fingerprint density at radius 1 is 1.50 bits per heavy atom. The van der Waals surface area contributed by atoms with E-state index in [2.05, 4.69) is 15.4 Å². The van der Waals surface area contributed by atoms with Gasteiger partial charge in [-0.3, -0.25) is 4.79 Å². The summed E-state index contributed by atoms with van der Waals surface area (Å²) < 4.78 is 48.2. The quantitative estimate of drug-likeness (QED) is 0.533. The lowest BCUT2D eigenvalue weighted by Crippen LogP contribution is -2.37. The highest BCUT2D eigenvalue weighted by Crippen LogP contribution is 2.25. The van der Waals surface area contributed by atoms with Crippen molar-refractivity contribution in [1.82, 2.24) is 20.2 Å². The fourth-order valence-corrected chi connectivity index (χ4v) is 0.623. The van der Waals surface area contributed by atoms with Crippen molar-refractivity contribution in [3.05, 3.63) is 5.82 Å². The average Bonchev–Trinajstić information content (AvgIpc) is 2.50. The average molecular weight is 212 g/mol. The molecule has 0 N–H and O–H groups in total. The highest BCUT2D eigenvalue weighted by atomic mass is 19.3. The van der Waals surface area contributed by atoms with Gasteiger partial charge < -0.3 is 0 Å². The van der Waals surface area contributed by atoms with Crippen molar-refractivity contribution < 1.29 is 22.4 Å². The van der Waals surface area contributed by atoms with Gasteiger partial charge in [-0.2, -0.15) is 13.6 Å². The summed E-state index contributed by atoms with van der Waals surface area (Å²) in [4.78, 5) is 11.4. The number of tetrazole rings is 1. The van der Waals surface area contributed by atoms with E-state index in [4.69, 9.17) is 0 Å². The smallest absolute Gasteiger partial charge is 0.283 e. The maximum atomic E-state index is 12.4. The Morgan fingerprint density at radius 2 is 2.07 bits per heavy atom. The molecule has 78 valence electrons. The van der Waals surface area contributed by atoms with Crippen molar-refractivity contribution in [2.45, 2.75) is 12.3 Å². The van der Waals surface area contributed by atoms with Crippen LogP contribution in [-0.2, 0) is 7.05 Å². The van der Waals surface area contributed by atoms with Gasteiger partial charge in [0.25, 0.3) is 5.78 Å². The molecule has 14 heavy (non-hydrogen) atoms. The maximum absolute atomic E-state index is 12.4. The Kier molecular flexibility index (Phi) is 2.49. The first-order chi connectivity index (χ1) is 6.35. The normalized spacial score (nSPS) is 12.1. The lowest BCUT2D eigenvalue weighted by atomic mass is 10.2. The number of hydrogen-bond donors (Lipinski definition) is 0. The summed E-state index contributed by atoms with van der Waals surface area (Å²) in [6.07, 6.45) is -4.08. The molecule has 9 heteroatoms.